The molecule has 0 fully saturated rings. The number of nitrogens with zero attached hydrogens (tertiary/aromatic N) is 1. The third-order valence-electron chi connectivity index (χ3n) is 5.14. The molecule has 4 nitrogen and oxygen atoms in total. The van der Waals surface area contributed by atoms with Crippen molar-refractivity contribution in [3.05, 3.63) is 96.8 Å². The van der Waals surface area contributed by atoms with E-state index in [0.29, 0.717) is 17.4 Å². The van der Waals surface area contributed by atoms with Crippen LogP contribution in [0, 0.1) is 11.8 Å². The van der Waals surface area contributed by atoms with Crippen molar-refractivity contribution in [3.8, 4) is 33.8 Å². The van der Waals surface area contributed by atoms with Crippen LogP contribution in [0.5, 0.6) is 11.5 Å². The molecule has 0 aliphatic heterocycles. The van der Waals surface area contributed by atoms with Gasteiger partial charge < -0.3 is 14.5 Å². The molecule has 0 saturated heterocycles. The van der Waals surface area contributed by atoms with Gasteiger partial charge in [0.2, 0.25) is 5.95 Å². The Bertz CT molecular complexity index is 1380. The van der Waals surface area contributed by atoms with Crippen molar-refractivity contribution in [2.45, 2.75) is 0 Å². The summed E-state index contributed by atoms with van der Waals surface area (Å²) in [5.41, 5.74) is 4.42. The number of halogens is 2. The van der Waals surface area contributed by atoms with Gasteiger partial charge >= 0.3 is 0 Å². The smallest absolute Gasteiger partial charge is 0.213 e. The van der Waals surface area contributed by atoms with Crippen LogP contribution in [-0.4, -0.2) is 12.0 Å². The van der Waals surface area contributed by atoms with Crippen LogP contribution in [-0.2, 0) is 0 Å². The van der Waals surface area contributed by atoms with E-state index in [2.05, 4.69) is 10.3 Å². The standard InChI is InChI=1S/C26H18F2N2O2/c1-29-25-14-19-12-18(13-23(26(19)32-25)17-2-6-20(27)7-3-17)16-4-8-21(9-5-16)31-22-10-11-24(28)30-15-22/h2-15,29H,1H3. The van der Waals surface area contributed by atoms with E-state index in [0.717, 1.165) is 33.2 Å². The highest BCUT2D eigenvalue weighted by molar-refractivity contribution is 5.98. The minimum absolute atomic E-state index is 0.288. The number of benzene rings is 3. The normalized spacial score (nSPS) is 11.0. The predicted molar refractivity (Wildman–Crippen MR) is 121 cm³/mol. The molecular formula is C26H18F2N2O2. The first kappa shape index (κ1) is 19.8. The number of aromatic nitrogens is 1. The maximum Gasteiger partial charge on any atom is 0.213 e. The van der Waals surface area contributed by atoms with Crippen molar-refractivity contribution in [1.29, 1.82) is 0 Å². The predicted octanol–water partition coefficient (Wildman–Crippen LogP) is 7.27. The maximum absolute atomic E-state index is 13.5. The quantitative estimate of drug-likeness (QED) is 0.299. The topological polar surface area (TPSA) is 47.3 Å². The third-order valence-corrected chi connectivity index (χ3v) is 5.14. The second-order valence-electron chi connectivity index (χ2n) is 7.25. The van der Waals surface area contributed by atoms with Gasteiger partial charge in [0.05, 0.1) is 6.20 Å². The molecule has 5 aromatic rings. The molecule has 0 spiro atoms. The lowest BCUT2D eigenvalue weighted by atomic mass is 9.96. The summed E-state index contributed by atoms with van der Waals surface area (Å²) in [6.07, 6.45) is 1.34. The maximum atomic E-state index is 13.5. The fourth-order valence-electron chi connectivity index (χ4n) is 3.56. The lowest BCUT2D eigenvalue weighted by Gasteiger charge is -2.09. The summed E-state index contributed by atoms with van der Waals surface area (Å²) in [5.74, 6) is 0.876. The number of hydrogen-bond donors (Lipinski definition) is 1. The number of fused-ring (bicyclic) bond motifs is 1. The zero-order valence-corrected chi connectivity index (χ0v) is 17.1. The van der Waals surface area contributed by atoms with Gasteiger partial charge in [0.1, 0.15) is 22.9 Å². The lowest BCUT2D eigenvalue weighted by molar-refractivity contribution is 0.474. The number of anilines is 1. The Morgan fingerprint density at radius 1 is 0.781 bits per heavy atom. The fraction of sp³-hybridized carbons (Fsp3) is 0.0385. The largest absolute Gasteiger partial charge is 0.456 e. The highest BCUT2D eigenvalue weighted by Crippen LogP contribution is 2.37. The molecule has 0 atom stereocenters. The summed E-state index contributed by atoms with van der Waals surface area (Å²) >= 11 is 0. The fourth-order valence-corrected chi connectivity index (χ4v) is 3.56. The molecule has 0 saturated carbocycles. The van der Waals surface area contributed by atoms with Gasteiger partial charge in [0, 0.05) is 24.1 Å². The summed E-state index contributed by atoms with van der Waals surface area (Å²) in [6, 6.07) is 22.7. The summed E-state index contributed by atoms with van der Waals surface area (Å²) < 4.78 is 38.1. The van der Waals surface area contributed by atoms with Gasteiger partial charge in [-0.3, -0.25) is 0 Å². The van der Waals surface area contributed by atoms with E-state index in [9.17, 15) is 8.78 Å². The molecule has 1 N–H and O–H groups in total. The Morgan fingerprint density at radius 2 is 1.50 bits per heavy atom. The van der Waals surface area contributed by atoms with Gasteiger partial charge in [0.25, 0.3) is 0 Å². The van der Waals surface area contributed by atoms with Crippen molar-refractivity contribution < 1.29 is 17.9 Å². The number of hydrogen-bond acceptors (Lipinski definition) is 4. The first-order valence-corrected chi connectivity index (χ1v) is 10.0. The van der Waals surface area contributed by atoms with Crippen LogP contribution in [0.1, 0.15) is 0 Å². The van der Waals surface area contributed by atoms with Crippen molar-refractivity contribution in [1.82, 2.24) is 4.98 Å². The van der Waals surface area contributed by atoms with Crippen LogP contribution >= 0.6 is 0 Å². The van der Waals surface area contributed by atoms with Gasteiger partial charge in [-0.05, 0) is 65.2 Å². The molecule has 158 valence electrons. The molecule has 2 heterocycles. The number of nitrogens with one attached hydrogen (secondary N) is 1. The summed E-state index contributed by atoms with van der Waals surface area (Å²) in [5, 5.41) is 3.96. The Labute approximate surface area is 183 Å². The van der Waals surface area contributed by atoms with Crippen LogP contribution in [0.2, 0.25) is 0 Å². The Morgan fingerprint density at radius 3 is 2.19 bits per heavy atom. The van der Waals surface area contributed by atoms with Crippen molar-refractivity contribution in [2.75, 3.05) is 12.4 Å². The first-order valence-electron chi connectivity index (χ1n) is 10.0. The van der Waals surface area contributed by atoms with Gasteiger partial charge in [-0.25, -0.2) is 9.37 Å². The zero-order chi connectivity index (χ0) is 22.1. The average Bonchev–Trinajstić information content (AvgIpc) is 3.24. The summed E-state index contributed by atoms with van der Waals surface area (Å²) in [7, 11) is 1.80. The first-order chi connectivity index (χ1) is 15.6. The molecule has 2 aromatic heterocycles. The van der Waals surface area contributed by atoms with Crippen molar-refractivity contribution >= 4 is 16.9 Å². The molecule has 0 aliphatic carbocycles. The number of pyridine rings is 1. The van der Waals surface area contributed by atoms with Crippen LogP contribution in [0.15, 0.2) is 89.5 Å². The molecule has 0 amide bonds. The van der Waals surface area contributed by atoms with E-state index in [1.807, 2.05) is 42.5 Å². The molecule has 0 radical (unpaired) electrons. The molecule has 32 heavy (non-hydrogen) atoms. The lowest BCUT2D eigenvalue weighted by Crippen LogP contribution is -1.88. The van der Waals surface area contributed by atoms with E-state index in [1.165, 1.54) is 30.5 Å². The van der Waals surface area contributed by atoms with E-state index >= 15 is 0 Å². The molecule has 0 aliphatic rings. The van der Waals surface area contributed by atoms with Gasteiger partial charge in [-0.2, -0.15) is 4.39 Å². The Kier molecular flexibility index (Phi) is 5.03. The van der Waals surface area contributed by atoms with Crippen molar-refractivity contribution in [2.24, 2.45) is 0 Å². The Hall–Kier alpha value is -4.19. The molecular weight excluding hydrogens is 410 g/mol. The van der Waals surface area contributed by atoms with E-state index in [4.69, 9.17) is 9.15 Å². The minimum Gasteiger partial charge on any atom is -0.456 e. The number of rotatable bonds is 5. The highest BCUT2D eigenvalue weighted by Gasteiger charge is 2.13. The average molecular weight is 428 g/mol. The van der Waals surface area contributed by atoms with Crippen LogP contribution in [0.4, 0.5) is 14.7 Å². The molecule has 0 bridgehead atoms. The van der Waals surface area contributed by atoms with Gasteiger partial charge in [-0.15, -0.1) is 0 Å². The summed E-state index contributed by atoms with van der Waals surface area (Å²) in [6.45, 7) is 0. The zero-order valence-electron chi connectivity index (χ0n) is 17.1. The number of ether oxygens (including phenoxy) is 1. The van der Waals surface area contributed by atoms with Crippen molar-refractivity contribution in [3.63, 3.8) is 0 Å². The molecule has 6 heteroatoms. The SMILES string of the molecule is CNc1cc2cc(-c3ccc(Oc4ccc(F)nc4)cc3)cc(-c3ccc(F)cc3)c2o1. The second-order valence-corrected chi connectivity index (χ2v) is 7.25. The molecule has 3 aromatic carbocycles. The van der Waals surface area contributed by atoms with E-state index in [1.54, 1.807) is 19.2 Å². The summed E-state index contributed by atoms with van der Waals surface area (Å²) in [4.78, 5) is 3.59. The van der Waals surface area contributed by atoms with Crippen LogP contribution < -0.4 is 10.1 Å². The van der Waals surface area contributed by atoms with Crippen LogP contribution in [0.3, 0.4) is 0 Å². The minimum atomic E-state index is -0.555. The van der Waals surface area contributed by atoms with E-state index < -0.39 is 5.95 Å². The number of furan rings is 1. The van der Waals surface area contributed by atoms with E-state index in [-0.39, 0.29) is 5.82 Å². The molecule has 5 rings (SSSR count). The Balaban J connectivity index is 1.53. The van der Waals surface area contributed by atoms with Gasteiger partial charge in [0.15, 0.2) is 5.88 Å². The van der Waals surface area contributed by atoms with Gasteiger partial charge in [-0.1, -0.05) is 24.3 Å². The van der Waals surface area contributed by atoms with Crippen LogP contribution in [0.25, 0.3) is 33.2 Å². The monoisotopic (exact) mass is 428 g/mol. The second kappa shape index (κ2) is 8.15. The molecule has 0 unspecified atom stereocenters. The third kappa shape index (κ3) is 3.90. The highest BCUT2D eigenvalue weighted by atomic mass is 19.1.